The number of benzene rings is 1. The summed E-state index contributed by atoms with van der Waals surface area (Å²) in [6, 6.07) is 8.09. The van der Waals surface area contributed by atoms with Gasteiger partial charge in [-0.2, -0.15) is 0 Å². The van der Waals surface area contributed by atoms with Crippen LogP contribution in [-0.2, 0) is 13.0 Å². The molecule has 1 aliphatic heterocycles. The molecule has 0 saturated heterocycles. The van der Waals surface area contributed by atoms with Crippen molar-refractivity contribution in [3.8, 4) is 33.3 Å². The largest absolute Gasteiger partial charge is 0.493 e. The fraction of sp³-hybridized carbons (Fsp3) is 0.391. The number of aromatic nitrogens is 2. The Balaban J connectivity index is 1.95. The molecule has 0 saturated carbocycles. The van der Waals surface area contributed by atoms with Gasteiger partial charge >= 0.3 is 0 Å². The van der Waals surface area contributed by atoms with Crippen LogP contribution in [0.25, 0.3) is 21.8 Å². The molecule has 158 valence electrons. The van der Waals surface area contributed by atoms with E-state index >= 15 is 0 Å². The molecule has 3 aromatic rings. The molecule has 3 heterocycles. The quantitative estimate of drug-likeness (QED) is 0.607. The number of nitrogens with zero attached hydrogens (tertiary/aromatic N) is 3. The van der Waals surface area contributed by atoms with E-state index in [1.165, 1.54) is 5.56 Å². The zero-order valence-electron chi connectivity index (χ0n) is 18.3. The van der Waals surface area contributed by atoms with E-state index in [-0.39, 0.29) is 11.4 Å². The molecule has 1 aliphatic rings. The molecule has 0 unspecified atom stereocenters. The molecule has 2 aromatic heterocycles. The van der Waals surface area contributed by atoms with Crippen molar-refractivity contribution in [3.63, 3.8) is 0 Å². The van der Waals surface area contributed by atoms with Crippen LogP contribution in [0.4, 0.5) is 0 Å². The van der Waals surface area contributed by atoms with Gasteiger partial charge in [-0.25, -0.2) is 4.98 Å². The van der Waals surface area contributed by atoms with Crippen molar-refractivity contribution in [2.75, 3.05) is 21.3 Å². The van der Waals surface area contributed by atoms with Gasteiger partial charge in [-0.05, 0) is 56.3 Å². The summed E-state index contributed by atoms with van der Waals surface area (Å²) in [5, 5.41) is 2.03. The average Bonchev–Trinajstić information content (AvgIpc) is 3.38. The molecule has 4 rings (SSSR count). The van der Waals surface area contributed by atoms with Gasteiger partial charge in [0.05, 0.1) is 24.8 Å². The van der Waals surface area contributed by atoms with Crippen LogP contribution in [0.1, 0.15) is 37.0 Å². The Kier molecular flexibility index (Phi) is 5.10. The first-order chi connectivity index (χ1) is 14.3. The standard InChI is InChI=1S/C23H27N3O3S/c1-23(2,3)25(4)22(27)21-24-19(18-8-7-11-30-18)20-15-13-17(29-6)16(28-5)12-14(15)9-10-26(20)21/h7-8,11-13H,9-10H2,1-6H3. The lowest BCUT2D eigenvalue weighted by Gasteiger charge is -2.32. The Morgan fingerprint density at radius 2 is 1.90 bits per heavy atom. The van der Waals surface area contributed by atoms with E-state index < -0.39 is 0 Å². The predicted octanol–water partition coefficient (Wildman–Crippen LogP) is 4.72. The van der Waals surface area contributed by atoms with Crippen molar-refractivity contribution < 1.29 is 14.3 Å². The molecule has 0 radical (unpaired) electrons. The van der Waals surface area contributed by atoms with Crippen LogP contribution < -0.4 is 9.47 Å². The number of thiophene rings is 1. The number of carbonyl (C=O) groups is 1. The smallest absolute Gasteiger partial charge is 0.290 e. The number of methoxy groups -OCH3 is 2. The molecule has 0 N–H and O–H groups in total. The topological polar surface area (TPSA) is 56.6 Å². The second-order valence-electron chi connectivity index (χ2n) is 8.41. The lowest BCUT2D eigenvalue weighted by Crippen LogP contribution is -2.43. The molecule has 0 aliphatic carbocycles. The van der Waals surface area contributed by atoms with Gasteiger partial charge in [0.25, 0.3) is 5.91 Å². The number of carbonyl (C=O) groups excluding carboxylic acids is 1. The van der Waals surface area contributed by atoms with Crippen LogP contribution in [0.15, 0.2) is 29.6 Å². The Hall–Kier alpha value is -2.80. The minimum atomic E-state index is -0.296. The summed E-state index contributed by atoms with van der Waals surface area (Å²) in [5.74, 6) is 1.79. The van der Waals surface area contributed by atoms with Crippen molar-refractivity contribution >= 4 is 17.2 Å². The predicted molar refractivity (Wildman–Crippen MR) is 120 cm³/mol. The first-order valence-electron chi connectivity index (χ1n) is 9.94. The molecule has 0 bridgehead atoms. The summed E-state index contributed by atoms with van der Waals surface area (Å²) in [6.45, 7) is 6.77. The number of ether oxygens (including phenoxy) is 2. The van der Waals surface area contributed by atoms with Crippen molar-refractivity contribution in [1.82, 2.24) is 14.5 Å². The molecule has 1 amide bonds. The zero-order chi connectivity index (χ0) is 21.6. The van der Waals surface area contributed by atoms with Gasteiger partial charge < -0.3 is 18.9 Å². The summed E-state index contributed by atoms with van der Waals surface area (Å²) in [7, 11) is 5.12. The number of imidazole rings is 1. The van der Waals surface area contributed by atoms with Crippen LogP contribution >= 0.6 is 11.3 Å². The highest BCUT2D eigenvalue weighted by Gasteiger charge is 2.33. The van der Waals surface area contributed by atoms with E-state index in [1.54, 1.807) is 30.5 Å². The van der Waals surface area contributed by atoms with Gasteiger partial charge in [0, 0.05) is 24.7 Å². The maximum absolute atomic E-state index is 13.4. The number of aryl methyl sites for hydroxylation is 1. The van der Waals surface area contributed by atoms with Crippen molar-refractivity contribution in [2.24, 2.45) is 0 Å². The van der Waals surface area contributed by atoms with Gasteiger partial charge in [0.1, 0.15) is 5.69 Å². The third-order valence-corrected chi connectivity index (χ3v) is 6.57. The van der Waals surface area contributed by atoms with E-state index in [0.717, 1.165) is 28.2 Å². The van der Waals surface area contributed by atoms with E-state index in [0.29, 0.717) is 23.9 Å². The number of fused-ring (bicyclic) bond motifs is 3. The van der Waals surface area contributed by atoms with Crippen molar-refractivity contribution in [3.05, 3.63) is 41.0 Å². The molecule has 0 spiro atoms. The monoisotopic (exact) mass is 425 g/mol. The molecular formula is C23H27N3O3S. The summed E-state index contributed by atoms with van der Waals surface area (Å²) < 4.78 is 13.1. The fourth-order valence-corrected chi connectivity index (χ4v) is 4.44. The first kappa shape index (κ1) is 20.5. The Morgan fingerprint density at radius 1 is 1.20 bits per heavy atom. The number of amides is 1. The molecule has 6 nitrogen and oxygen atoms in total. The minimum absolute atomic E-state index is 0.0736. The molecule has 7 heteroatoms. The third-order valence-electron chi connectivity index (χ3n) is 5.69. The fourth-order valence-electron chi connectivity index (χ4n) is 3.73. The summed E-state index contributed by atoms with van der Waals surface area (Å²) in [4.78, 5) is 21.1. The van der Waals surface area contributed by atoms with E-state index in [2.05, 4.69) is 4.57 Å². The third kappa shape index (κ3) is 3.27. The summed E-state index contributed by atoms with van der Waals surface area (Å²) in [6.07, 6.45) is 0.794. The average molecular weight is 426 g/mol. The minimum Gasteiger partial charge on any atom is -0.493 e. The summed E-state index contributed by atoms with van der Waals surface area (Å²) >= 11 is 1.62. The summed E-state index contributed by atoms with van der Waals surface area (Å²) in [5.41, 5.74) is 3.71. The second kappa shape index (κ2) is 7.47. The zero-order valence-corrected chi connectivity index (χ0v) is 19.1. The molecule has 30 heavy (non-hydrogen) atoms. The van der Waals surface area contributed by atoms with Crippen LogP contribution in [0.2, 0.25) is 0 Å². The maximum Gasteiger partial charge on any atom is 0.290 e. The van der Waals surface area contributed by atoms with E-state index in [1.807, 2.05) is 57.5 Å². The Bertz CT molecular complexity index is 1090. The Labute approximate surface area is 181 Å². The van der Waals surface area contributed by atoms with Crippen molar-refractivity contribution in [2.45, 2.75) is 39.3 Å². The molecule has 0 fully saturated rings. The maximum atomic E-state index is 13.4. The Morgan fingerprint density at radius 3 is 2.50 bits per heavy atom. The number of rotatable bonds is 4. The van der Waals surface area contributed by atoms with E-state index in [9.17, 15) is 4.79 Å². The van der Waals surface area contributed by atoms with Gasteiger partial charge in [0.15, 0.2) is 17.3 Å². The lowest BCUT2D eigenvalue weighted by atomic mass is 9.96. The molecule has 1 aromatic carbocycles. The number of hydrogen-bond donors (Lipinski definition) is 0. The first-order valence-corrected chi connectivity index (χ1v) is 10.8. The van der Waals surface area contributed by atoms with Gasteiger partial charge in [-0.15, -0.1) is 11.3 Å². The van der Waals surface area contributed by atoms with Crippen molar-refractivity contribution in [1.29, 1.82) is 0 Å². The highest BCUT2D eigenvalue weighted by Crippen LogP contribution is 2.44. The van der Waals surface area contributed by atoms with Crippen LogP contribution in [0.5, 0.6) is 11.5 Å². The van der Waals surface area contributed by atoms with Gasteiger partial charge in [-0.3, -0.25) is 4.79 Å². The highest BCUT2D eigenvalue weighted by molar-refractivity contribution is 7.13. The molecule has 0 atom stereocenters. The van der Waals surface area contributed by atoms with E-state index in [4.69, 9.17) is 14.5 Å². The lowest BCUT2D eigenvalue weighted by molar-refractivity contribution is 0.0638. The molecular weight excluding hydrogens is 398 g/mol. The highest BCUT2D eigenvalue weighted by atomic mass is 32.1. The SMILES string of the molecule is COc1cc2c(cc1OC)-c1c(-c3cccs3)nc(C(=O)N(C)C(C)(C)C)n1CC2. The van der Waals surface area contributed by atoms with Crippen LogP contribution in [0, 0.1) is 0 Å². The van der Waals surface area contributed by atoms with Crippen LogP contribution in [-0.4, -0.2) is 47.2 Å². The van der Waals surface area contributed by atoms with Gasteiger partial charge in [0.2, 0.25) is 0 Å². The normalized spacial score (nSPS) is 12.9. The second-order valence-corrected chi connectivity index (χ2v) is 9.36. The van der Waals surface area contributed by atoms with Crippen LogP contribution in [0.3, 0.4) is 0 Å². The van der Waals surface area contributed by atoms with Gasteiger partial charge in [-0.1, -0.05) is 6.07 Å². The number of hydrogen-bond acceptors (Lipinski definition) is 5.